The summed E-state index contributed by atoms with van der Waals surface area (Å²) in [4.78, 5) is 46.9. The lowest BCUT2D eigenvalue weighted by atomic mass is 10.1. The summed E-state index contributed by atoms with van der Waals surface area (Å²) in [7, 11) is -2.26. The number of carbonyl (C=O) groups is 3. The van der Waals surface area contributed by atoms with Crippen molar-refractivity contribution in [1.29, 1.82) is 0 Å². The van der Waals surface area contributed by atoms with E-state index in [-0.39, 0.29) is 50.1 Å². The van der Waals surface area contributed by atoms with Crippen LogP contribution in [-0.4, -0.2) is 55.3 Å². The summed E-state index contributed by atoms with van der Waals surface area (Å²) in [5.74, 6) is -0.643. The average molecular weight is 746 g/mol. The molecule has 2 N–H and O–H groups in total. The van der Waals surface area contributed by atoms with Crippen LogP contribution in [0.4, 0.5) is 0 Å². The van der Waals surface area contributed by atoms with E-state index >= 15 is 0 Å². The summed E-state index contributed by atoms with van der Waals surface area (Å²) in [5.41, 5.74) is 0. The molecule has 0 spiro atoms. The largest absolute Gasteiger partial charge is 0.462 e. The lowest BCUT2D eigenvalue weighted by molar-refractivity contribution is -0.159. The molecule has 0 bridgehead atoms. The number of ether oxygens (including phenoxy) is 2. The van der Waals surface area contributed by atoms with Gasteiger partial charge in [-0.3, -0.25) is 18.9 Å². The number of nitrogens with one attached hydrogen (secondary N) is 1. The number of esters is 2. The number of hydrogen-bond donors (Lipinski definition) is 2. The van der Waals surface area contributed by atoms with E-state index in [2.05, 4.69) is 19.2 Å². The fraction of sp³-hybridized carbons (Fsp3) is 0.927. The third-order valence-electron chi connectivity index (χ3n) is 9.55. The second kappa shape index (κ2) is 36.9. The molecule has 2 atom stereocenters. The Morgan fingerprint density at radius 2 is 0.961 bits per heavy atom. The van der Waals surface area contributed by atoms with E-state index in [0.29, 0.717) is 19.3 Å². The van der Waals surface area contributed by atoms with Crippen molar-refractivity contribution >= 4 is 25.4 Å². The fourth-order valence-corrected chi connectivity index (χ4v) is 7.33. The van der Waals surface area contributed by atoms with Crippen molar-refractivity contribution in [3.05, 3.63) is 0 Å². The van der Waals surface area contributed by atoms with E-state index in [9.17, 15) is 23.8 Å². The molecule has 0 rings (SSSR count). The van der Waals surface area contributed by atoms with Crippen LogP contribution in [-0.2, 0) is 32.9 Å². The van der Waals surface area contributed by atoms with E-state index in [1.54, 1.807) is 7.05 Å². The molecule has 0 saturated heterocycles. The Hall–Kier alpha value is -1.44. The van der Waals surface area contributed by atoms with Gasteiger partial charge in [-0.05, 0) is 32.1 Å². The maximum absolute atomic E-state index is 12.7. The smallest absolute Gasteiger partial charge is 0.328 e. The van der Waals surface area contributed by atoms with E-state index in [4.69, 9.17) is 14.0 Å². The summed E-state index contributed by atoms with van der Waals surface area (Å²) in [6, 6.07) is 0. The monoisotopic (exact) mass is 746 g/mol. The van der Waals surface area contributed by atoms with Crippen LogP contribution in [0.2, 0.25) is 0 Å². The Morgan fingerprint density at radius 3 is 1.41 bits per heavy atom. The zero-order chi connectivity index (χ0) is 37.7. The first-order chi connectivity index (χ1) is 24.7. The number of carbonyl (C=O) groups excluding carboxylic acids is 3. The Labute approximate surface area is 313 Å². The van der Waals surface area contributed by atoms with Crippen molar-refractivity contribution in [2.75, 3.05) is 26.4 Å². The van der Waals surface area contributed by atoms with Gasteiger partial charge in [0.2, 0.25) is 5.91 Å². The van der Waals surface area contributed by atoms with Crippen molar-refractivity contribution in [2.24, 2.45) is 0 Å². The molecule has 302 valence electrons. The zero-order valence-electron chi connectivity index (χ0n) is 33.4. The molecule has 0 aromatic carbocycles. The third-order valence-corrected chi connectivity index (χ3v) is 11.0. The molecule has 0 fully saturated rings. The molecule has 51 heavy (non-hydrogen) atoms. The molecular weight excluding hydrogens is 665 g/mol. The molecule has 0 heterocycles. The average Bonchev–Trinajstić information content (AvgIpc) is 3.11. The third kappa shape index (κ3) is 36.7. The lowest BCUT2D eigenvalue weighted by Crippen LogP contribution is -2.26. The van der Waals surface area contributed by atoms with Gasteiger partial charge in [0.05, 0.1) is 12.8 Å². The Morgan fingerprint density at radius 1 is 0.569 bits per heavy atom. The Balaban J connectivity index is 4.49. The van der Waals surface area contributed by atoms with Gasteiger partial charge in [-0.25, -0.2) is 0 Å². The van der Waals surface area contributed by atoms with Crippen LogP contribution >= 0.6 is 7.60 Å². The van der Waals surface area contributed by atoms with Crippen LogP contribution < -0.4 is 5.32 Å². The highest BCUT2D eigenvalue weighted by molar-refractivity contribution is 7.52. The maximum atomic E-state index is 12.7. The van der Waals surface area contributed by atoms with Crippen LogP contribution in [0.25, 0.3) is 0 Å². The topological polar surface area (TPSA) is 128 Å². The van der Waals surface area contributed by atoms with E-state index in [0.717, 1.165) is 64.2 Å². The normalized spacial score (nSPS) is 13.1. The van der Waals surface area contributed by atoms with Gasteiger partial charge >= 0.3 is 19.5 Å². The quantitative estimate of drug-likeness (QED) is 0.0361. The predicted octanol–water partition coefficient (Wildman–Crippen LogP) is 11.5. The van der Waals surface area contributed by atoms with Crippen LogP contribution in [0, 0.1) is 0 Å². The first-order valence-corrected chi connectivity index (χ1v) is 23.0. The van der Waals surface area contributed by atoms with Gasteiger partial charge in [0.15, 0.2) is 0 Å². The maximum Gasteiger partial charge on any atom is 0.328 e. The minimum atomic E-state index is -3.89. The molecule has 1 amide bonds. The van der Waals surface area contributed by atoms with Gasteiger partial charge in [-0.15, -0.1) is 0 Å². The van der Waals surface area contributed by atoms with Crippen LogP contribution in [0.3, 0.4) is 0 Å². The molecule has 10 heteroatoms. The summed E-state index contributed by atoms with van der Waals surface area (Å²) in [6.45, 7) is 4.53. The standard InChI is InChI=1S/C41H80NO8P/c1-4-6-8-10-12-14-16-18-20-24-28-32-40(44)48-37-38(50-41(45)33-29-25-21-19-17-15-13-11-9-7-5-2)34-36-51(46,47)49-35-30-26-22-23-27-31-39(43)42-3/h38H,4-37H2,1-3H3,(H,42,43)(H,46,47)/t38-/m0/s1. The molecule has 0 aliphatic heterocycles. The van der Waals surface area contributed by atoms with Gasteiger partial charge in [-0.2, -0.15) is 0 Å². The number of rotatable bonds is 39. The Kier molecular flexibility index (Phi) is 35.9. The van der Waals surface area contributed by atoms with Crippen LogP contribution in [0.1, 0.15) is 213 Å². The second-order valence-corrected chi connectivity index (χ2v) is 16.5. The van der Waals surface area contributed by atoms with E-state index < -0.39 is 13.7 Å². The highest BCUT2D eigenvalue weighted by atomic mass is 31.2. The van der Waals surface area contributed by atoms with Gasteiger partial charge in [0.25, 0.3) is 0 Å². The number of amides is 1. The molecular formula is C41H80NO8P. The van der Waals surface area contributed by atoms with Crippen molar-refractivity contribution in [1.82, 2.24) is 5.32 Å². The molecule has 0 aliphatic rings. The van der Waals surface area contributed by atoms with Gasteiger partial charge in [-0.1, -0.05) is 162 Å². The lowest BCUT2D eigenvalue weighted by Gasteiger charge is -2.20. The summed E-state index contributed by atoms with van der Waals surface area (Å²) in [5, 5.41) is 2.61. The first kappa shape index (κ1) is 49.6. The highest BCUT2D eigenvalue weighted by Crippen LogP contribution is 2.43. The minimum Gasteiger partial charge on any atom is -0.462 e. The molecule has 0 saturated carbocycles. The van der Waals surface area contributed by atoms with Gasteiger partial charge in [0, 0.05) is 26.3 Å². The second-order valence-electron chi connectivity index (χ2n) is 14.5. The van der Waals surface area contributed by atoms with Crippen molar-refractivity contribution in [2.45, 2.75) is 219 Å². The minimum absolute atomic E-state index is 0.0386. The highest BCUT2D eigenvalue weighted by Gasteiger charge is 2.25. The molecule has 1 unspecified atom stereocenters. The molecule has 0 aromatic heterocycles. The molecule has 0 aliphatic carbocycles. The molecule has 0 radical (unpaired) electrons. The van der Waals surface area contributed by atoms with Crippen molar-refractivity contribution in [3.63, 3.8) is 0 Å². The van der Waals surface area contributed by atoms with E-state index in [1.165, 1.54) is 103 Å². The SMILES string of the molecule is CCCCCCCCCCCCCC(=O)OC[C@H](CCP(=O)(O)OCCCCCCCC(=O)NC)OC(=O)CCCCCCCCCCCCC. The number of hydrogen-bond acceptors (Lipinski definition) is 7. The molecule has 9 nitrogen and oxygen atoms in total. The van der Waals surface area contributed by atoms with Crippen LogP contribution in [0.5, 0.6) is 0 Å². The van der Waals surface area contributed by atoms with Gasteiger partial charge < -0.3 is 24.2 Å². The van der Waals surface area contributed by atoms with Crippen LogP contribution in [0.15, 0.2) is 0 Å². The van der Waals surface area contributed by atoms with Gasteiger partial charge in [0.1, 0.15) is 12.7 Å². The Bertz CT molecular complexity index is 871. The van der Waals surface area contributed by atoms with Crippen molar-refractivity contribution < 1.29 is 37.8 Å². The zero-order valence-corrected chi connectivity index (χ0v) is 34.3. The fourth-order valence-electron chi connectivity index (χ4n) is 6.17. The first-order valence-electron chi connectivity index (χ1n) is 21.3. The predicted molar refractivity (Wildman–Crippen MR) is 210 cm³/mol. The summed E-state index contributed by atoms with van der Waals surface area (Å²) in [6.07, 6.45) is 30.8. The number of unbranched alkanes of at least 4 members (excludes halogenated alkanes) is 24. The van der Waals surface area contributed by atoms with E-state index in [1.807, 2.05) is 0 Å². The molecule has 0 aromatic rings. The van der Waals surface area contributed by atoms with Crippen molar-refractivity contribution in [3.8, 4) is 0 Å². The summed E-state index contributed by atoms with van der Waals surface area (Å²) >= 11 is 0. The summed E-state index contributed by atoms with van der Waals surface area (Å²) < 4.78 is 29.2.